The first-order chi connectivity index (χ1) is 14.2. The van der Waals surface area contributed by atoms with E-state index in [9.17, 15) is 4.79 Å². The summed E-state index contributed by atoms with van der Waals surface area (Å²) in [6.45, 7) is 0.576. The highest BCUT2D eigenvalue weighted by molar-refractivity contribution is 5.93. The monoisotopic (exact) mass is 385 g/mol. The third-order valence-electron chi connectivity index (χ3n) is 5.52. The molecule has 2 N–H and O–H groups in total. The van der Waals surface area contributed by atoms with Crippen LogP contribution in [0.5, 0.6) is 11.5 Å². The Morgan fingerprint density at radius 1 is 1.21 bits per heavy atom. The molecule has 0 radical (unpaired) electrons. The van der Waals surface area contributed by atoms with E-state index in [1.807, 2.05) is 54.6 Å². The molecule has 1 saturated heterocycles. The van der Waals surface area contributed by atoms with E-state index in [2.05, 4.69) is 21.7 Å². The number of aromatic nitrogens is 2. The van der Waals surface area contributed by atoms with Gasteiger partial charge in [0, 0.05) is 24.1 Å². The van der Waals surface area contributed by atoms with Gasteiger partial charge in [0.05, 0.1) is 11.7 Å². The summed E-state index contributed by atoms with van der Waals surface area (Å²) in [5, 5.41) is 19.3. The second-order valence-corrected chi connectivity index (χ2v) is 7.38. The van der Waals surface area contributed by atoms with Crippen LogP contribution in [-0.2, 0) is 0 Å². The Hall–Kier alpha value is -3.79. The minimum atomic E-state index is -0.208. The maximum atomic E-state index is 12.7. The van der Waals surface area contributed by atoms with Crippen molar-refractivity contribution >= 4 is 5.91 Å². The van der Waals surface area contributed by atoms with E-state index >= 15 is 0 Å². The summed E-state index contributed by atoms with van der Waals surface area (Å²) in [6, 6.07) is 19.1. The number of para-hydroxylation sites is 2. The molecular weight excluding hydrogens is 366 g/mol. The second kappa shape index (κ2) is 6.99. The highest BCUT2D eigenvalue weighted by Gasteiger charge is 2.54. The SMILES string of the molecule is N#CN1C[C@@H](NC(=O)c2cc(-c3ccccc3Oc3ccccc3)n[nH]2)[C@H]2C[C@H]21. The summed E-state index contributed by atoms with van der Waals surface area (Å²) in [4.78, 5) is 14.4. The number of nitrogens with one attached hydrogen (secondary N) is 2. The first kappa shape index (κ1) is 17.3. The molecule has 1 aromatic heterocycles. The minimum Gasteiger partial charge on any atom is -0.457 e. The van der Waals surface area contributed by atoms with Gasteiger partial charge in [-0.3, -0.25) is 9.89 Å². The van der Waals surface area contributed by atoms with Crippen LogP contribution in [0.1, 0.15) is 16.9 Å². The number of benzene rings is 2. The minimum absolute atomic E-state index is 0.00704. The van der Waals surface area contributed by atoms with Crippen LogP contribution in [0.3, 0.4) is 0 Å². The molecule has 2 fully saturated rings. The van der Waals surface area contributed by atoms with Crippen molar-refractivity contribution in [3.63, 3.8) is 0 Å². The number of aromatic amines is 1. The average molecular weight is 385 g/mol. The Labute approximate surface area is 167 Å². The van der Waals surface area contributed by atoms with Crippen LogP contribution in [0.2, 0.25) is 0 Å². The fourth-order valence-corrected chi connectivity index (χ4v) is 3.95. The van der Waals surface area contributed by atoms with E-state index in [4.69, 9.17) is 10.00 Å². The highest BCUT2D eigenvalue weighted by Crippen LogP contribution is 2.44. The van der Waals surface area contributed by atoms with Crippen LogP contribution in [0, 0.1) is 17.4 Å². The van der Waals surface area contributed by atoms with Crippen molar-refractivity contribution in [3.05, 3.63) is 66.4 Å². The van der Waals surface area contributed by atoms with Crippen molar-refractivity contribution in [2.75, 3.05) is 6.54 Å². The normalized spacial score (nSPS) is 21.9. The number of likely N-dealkylation sites (tertiary alicyclic amines) is 1. The number of carbonyl (C=O) groups excluding carboxylic acids is 1. The standard InChI is InChI=1S/C22H19N5O2/c23-13-27-12-19(16-10-20(16)27)24-22(28)18-11-17(25-26-18)15-8-4-5-9-21(15)29-14-6-2-1-3-7-14/h1-9,11,16,19-20H,10,12H2,(H,24,28)(H,25,26)/t16-,19-,20-/m1/s1. The molecule has 144 valence electrons. The smallest absolute Gasteiger partial charge is 0.269 e. The number of carbonyl (C=O) groups is 1. The Balaban J connectivity index is 1.33. The van der Waals surface area contributed by atoms with Crippen LogP contribution in [0.4, 0.5) is 0 Å². The fraction of sp³-hybridized carbons (Fsp3) is 0.227. The number of rotatable bonds is 5. The molecule has 1 aliphatic carbocycles. The van der Waals surface area contributed by atoms with Gasteiger partial charge in [-0.05, 0) is 36.8 Å². The highest BCUT2D eigenvalue weighted by atomic mass is 16.5. The first-order valence-electron chi connectivity index (χ1n) is 9.58. The molecule has 7 heteroatoms. The molecule has 5 rings (SSSR count). The molecule has 3 atom stereocenters. The van der Waals surface area contributed by atoms with Gasteiger partial charge in [-0.1, -0.05) is 30.3 Å². The van der Waals surface area contributed by atoms with Crippen LogP contribution in [-0.4, -0.2) is 39.6 Å². The second-order valence-electron chi connectivity index (χ2n) is 7.38. The summed E-state index contributed by atoms with van der Waals surface area (Å²) in [6.07, 6.45) is 3.17. The van der Waals surface area contributed by atoms with Gasteiger partial charge in [-0.15, -0.1) is 0 Å². The number of ether oxygens (including phenoxy) is 1. The Morgan fingerprint density at radius 2 is 2.00 bits per heavy atom. The summed E-state index contributed by atoms with van der Waals surface area (Å²) >= 11 is 0. The lowest BCUT2D eigenvalue weighted by Crippen LogP contribution is -2.39. The van der Waals surface area contributed by atoms with E-state index in [1.54, 1.807) is 11.0 Å². The lowest BCUT2D eigenvalue weighted by Gasteiger charge is -2.15. The van der Waals surface area contributed by atoms with Crippen molar-refractivity contribution in [1.82, 2.24) is 20.4 Å². The third-order valence-corrected chi connectivity index (χ3v) is 5.52. The molecule has 2 aliphatic rings. The predicted molar refractivity (Wildman–Crippen MR) is 106 cm³/mol. The summed E-state index contributed by atoms with van der Waals surface area (Å²) in [5.74, 6) is 1.57. The number of hydrogen-bond acceptors (Lipinski definition) is 5. The molecule has 0 spiro atoms. The molecule has 2 aromatic carbocycles. The number of nitriles is 1. The zero-order valence-electron chi connectivity index (χ0n) is 15.6. The van der Waals surface area contributed by atoms with E-state index in [0.29, 0.717) is 35.6 Å². The lowest BCUT2D eigenvalue weighted by atomic mass is 10.1. The maximum absolute atomic E-state index is 12.7. The van der Waals surface area contributed by atoms with Crippen molar-refractivity contribution in [1.29, 1.82) is 5.26 Å². The number of amides is 1. The summed E-state index contributed by atoms with van der Waals surface area (Å²) < 4.78 is 5.99. The Morgan fingerprint density at radius 3 is 2.79 bits per heavy atom. The summed E-state index contributed by atoms with van der Waals surface area (Å²) in [5.41, 5.74) is 1.82. The average Bonchev–Trinajstić information content (AvgIpc) is 3.25. The summed E-state index contributed by atoms with van der Waals surface area (Å²) in [7, 11) is 0. The van der Waals surface area contributed by atoms with Crippen molar-refractivity contribution < 1.29 is 9.53 Å². The number of nitrogens with zero attached hydrogens (tertiary/aromatic N) is 3. The lowest BCUT2D eigenvalue weighted by molar-refractivity contribution is 0.0928. The van der Waals surface area contributed by atoms with Gasteiger partial charge in [-0.2, -0.15) is 10.4 Å². The van der Waals surface area contributed by atoms with Crippen LogP contribution in [0.15, 0.2) is 60.7 Å². The third kappa shape index (κ3) is 3.29. The van der Waals surface area contributed by atoms with Crippen molar-refractivity contribution in [2.24, 2.45) is 5.92 Å². The topological polar surface area (TPSA) is 94.0 Å². The molecule has 2 heterocycles. The largest absolute Gasteiger partial charge is 0.457 e. The maximum Gasteiger partial charge on any atom is 0.269 e. The van der Waals surface area contributed by atoms with Crippen LogP contribution < -0.4 is 10.1 Å². The molecule has 3 aromatic rings. The van der Waals surface area contributed by atoms with Crippen molar-refractivity contribution in [2.45, 2.75) is 18.5 Å². The molecular formula is C22H19N5O2. The van der Waals surface area contributed by atoms with Gasteiger partial charge >= 0.3 is 0 Å². The number of hydrogen-bond donors (Lipinski definition) is 2. The number of piperidine rings is 1. The van der Waals surface area contributed by atoms with E-state index in [0.717, 1.165) is 17.7 Å². The van der Waals surface area contributed by atoms with E-state index in [-0.39, 0.29) is 11.9 Å². The van der Waals surface area contributed by atoms with Gasteiger partial charge in [0.2, 0.25) is 0 Å². The molecule has 29 heavy (non-hydrogen) atoms. The van der Waals surface area contributed by atoms with Gasteiger partial charge in [0.15, 0.2) is 6.19 Å². The quantitative estimate of drug-likeness (QED) is 0.658. The van der Waals surface area contributed by atoms with Gasteiger partial charge in [0.1, 0.15) is 17.2 Å². The Bertz CT molecular complexity index is 1090. The van der Waals surface area contributed by atoms with Crippen LogP contribution >= 0.6 is 0 Å². The van der Waals surface area contributed by atoms with E-state index < -0.39 is 0 Å². The number of H-pyrrole nitrogens is 1. The molecule has 1 amide bonds. The molecule has 0 bridgehead atoms. The fourth-order valence-electron chi connectivity index (χ4n) is 3.95. The van der Waals surface area contributed by atoms with Gasteiger partial charge in [-0.25, -0.2) is 0 Å². The first-order valence-corrected chi connectivity index (χ1v) is 9.58. The van der Waals surface area contributed by atoms with Gasteiger partial charge < -0.3 is 15.0 Å². The van der Waals surface area contributed by atoms with Crippen molar-refractivity contribution in [3.8, 4) is 28.9 Å². The zero-order chi connectivity index (χ0) is 19.8. The Kier molecular flexibility index (Phi) is 4.17. The van der Waals surface area contributed by atoms with Gasteiger partial charge in [0.25, 0.3) is 5.91 Å². The molecule has 0 unspecified atom stereocenters. The number of fused-ring (bicyclic) bond motifs is 1. The predicted octanol–water partition coefficient (Wildman–Crippen LogP) is 3.15. The van der Waals surface area contributed by atoms with E-state index in [1.165, 1.54) is 0 Å². The molecule has 7 nitrogen and oxygen atoms in total. The van der Waals surface area contributed by atoms with Crippen LogP contribution in [0.25, 0.3) is 11.3 Å². The molecule has 1 saturated carbocycles. The molecule has 1 aliphatic heterocycles. The zero-order valence-corrected chi connectivity index (χ0v) is 15.6.